The average molecular weight is 455 g/mol. The molecule has 2 aliphatic rings. The van der Waals surface area contributed by atoms with Crippen LogP contribution in [0.15, 0.2) is 53.5 Å². The molecule has 0 radical (unpaired) electrons. The largest absolute Gasteiger partial charge is 0.351 e. The molecule has 32 heavy (non-hydrogen) atoms. The van der Waals surface area contributed by atoms with E-state index in [-0.39, 0.29) is 36.5 Å². The summed E-state index contributed by atoms with van der Waals surface area (Å²) < 4.78 is 12.9. The number of aliphatic imine (C=N–C) groups is 1. The zero-order chi connectivity index (χ0) is 22.5. The van der Waals surface area contributed by atoms with Gasteiger partial charge in [-0.05, 0) is 54.8 Å². The Bertz CT molecular complexity index is 1030. The summed E-state index contributed by atoms with van der Waals surface area (Å²) in [6.45, 7) is 2.09. The second-order valence-corrected chi connectivity index (χ2v) is 8.84. The van der Waals surface area contributed by atoms with Crippen molar-refractivity contribution >= 4 is 40.3 Å². The number of amides is 3. The highest BCUT2D eigenvalue weighted by molar-refractivity contribution is 8.15. The lowest BCUT2D eigenvalue weighted by atomic mass is 10.1. The lowest BCUT2D eigenvalue weighted by Crippen LogP contribution is -2.25. The SMILES string of the molecule is O=C(C[C@H]1SC(N2CCCC2)=NC1=O)Nc1ccc(C(=O)NCc2ccc(F)cc2)cc1. The van der Waals surface area contributed by atoms with Crippen molar-refractivity contribution in [3.8, 4) is 0 Å². The van der Waals surface area contributed by atoms with Gasteiger partial charge in [0.15, 0.2) is 5.17 Å². The molecule has 7 nitrogen and oxygen atoms in total. The van der Waals surface area contributed by atoms with Crippen LogP contribution in [0.4, 0.5) is 10.1 Å². The van der Waals surface area contributed by atoms with Crippen molar-refractivity contribution in [2.75, 3.05) is 18.4 Å². The minimum atomic E-state index is -0.498. The van der Waals surface area contributed by atoms with Crippen LogP contribution < -0.4 is 10.6 Å². The highest BCUT2D eigenvalue weighted by Gasteiger charge is 2.33. The van der Waals surface area contributed by atoms with Gasteiger partial charge in [0.2, 0.25) is 5.91 Å². The minimum absolute atomic E-state index is 0.0459. The minimum Gasteiger partial charge on any atom is -0.351 e. The van der Waals surface area contributed by atoms with Crippen LogP contribution in [-0.2, 0) is 16.1 Å². The number of likely N-dealkylation sites (tertiary alicyclic amines) is 1. The maximum atomic E-state index is 12.9. The van der Waals surface area contributed by atoms with Gasteiger partial charge in [0, 0.05) is 37.3 Å². The summed E-state index contributed by atoms with van der Waals surface area (Å²) in [6, 6.07) is 12.4. The average Bonchev–Trinajstić information content (AvgIpc) is 3.44. The first kappa shape index (κ1) is 22.0. The molecule has 2 aliphatic heterocycles. The van der Waals surface area contributed by atoms with Crippen LogP contribution in [0, 0.1) is 5.82 Å². The smallest absolute Gasteiger partial charge is 0.262 e. The van der Waals surface area contributed by atoms with Gasteiger partial charge in [0.1, 0.15) is 11.1 Å². The molecule has 0 aromatic heterocycles. The molecular weight excluding hydrogens is 431 g/mol. The molecular formula is C23H23FN4O3S. The Morgan fingerprint density at radius 2 is 1.75 bits per heavy atom. The fraction of sp³-hybridized carbons (Fsp3) is 0.304. The number of nitrogens with one attached hydrogen (secondary N) is 2. The summed E-state index contributed by atoms with van der Waals surface area (Å²) in [7, 11) is 0. The summed E-state index contributed by atoms with van der Waals surface area (Å²) >= 11 is 1.36. The van der Waals surface area contributed by atoms with E-state index in [9.17, 15) is 18.8 Å². The van der Waals surface area contributed by atoms with E-state index in [1.165, 1.54) is 23.9 Å². The van der Waals surface area contributed by atoms with Gasteiger partial charge < -0.3 is 15.5 Å². The number of anilines is 1. The molecule has 1 saturated heterocycles. The number of hydrogen-bond acceptors (Lipinski definition) is 5. The predicted molar refractivity (Wildman–Crippen MR) is 122 cm³/mol. The van der Waals surface area contributed by atoms with Gasteiger partial charge >= 0.3 is 0 Å². The zero-order valence-electron chi connectivity index (χ0n) is 17.3. The Kier molecular flexibility index (Phi) is 6.84. The van der Waals surface area contributed by atoms with Crippen molar-refractivity contribution in [2.24, 2.45) is 4.99 Å². The maximum absolute atomic E-state index is 12.9. The Labute approximate surface area is 189 Å². The molecule has 1 atom stereocenters. The van der Waals surface area contributed by atoms with Crippen molar-refractivity contribution in [1.29, 1.82) is 0 Å². The van der Waals surface area contributed by atoms with Gasteiger partial charge in [0.05, 0.1) is 0 Å². The summed E-state index contributed by atoms with van der Waals surface area (Å²) in [5.74, 6) is -1.14. The molecule has 0 saturated carbocycles. The molecule has 3 amide bonds. The molecule has 2 aromatic carbocycles. The van der Waals surface area contributed by atoms with Crippen LogP contribution in [0.2, 0.25) is 0 Å². The van der Waals surface area contributed by atoms with Gasteiger partial charge in [-0.2, -0.15) is 4.99 Å². The van der Waals surface area contributed by atoms with Gasteiger partial charge in [-0.15, -0.1) is 0 Å². The standard InChI is InChI=1S/C23H23FN4O3S/c24-17-7-3-15(4-8-17)14-25-21(30)16-5-9-18(10-6-16)26-20(29)13-19-22(31)27-23(32-19)28-11-1-2-12-28/h3-10,19H,1-2,11-14H2,(H,25,30)(H,26,29)/t19-/m1/s1. The van der Waals surface area contributed by atoms with E-state index in [1.807, 2.05) is 0 Å². The predicted octanol–water partition coefficient (Wildman–Crippen LogP) is 3.18. The number of thioether (sulfide) groups is 1. The number of nitrogens with zero attached hydrogens (tertiary/aromatic N) is 2. The summed E-state index contributed by atoms with van der Waals surface area (Å²) in [6.07, 6.45) is 2.24. The van der Waals surface area contributed by atoms with Gasteiger partial charge in [-0.3, -0.25) is 14.4 Å². The lowest BCUT2D eigenvalue weighted by Gasteiger charge is -2.16. The normalized spacial score (nSPS) is 17.9. The monoisotopic (exact) mass is 454 g/mol. The van der Waals surface area contributed by atoms with Crippen molar-refractivity contribution in [1.82, 2.24) is 10.2 Å². The van der Waals surface area contributed by atoms with Crippen molar-refractivity contribution in [3.63, 3.8) is 0 Å². The second-order valence-electron chi connectivity index (χ2n) is 7.67. The summed E-state index contributed by atoms with van der Waals surface area (Å²) in [5.41, 5.74) is 1.77. The quantitative estimate of drug-likeness (QED) is 0.700. The highest BCUT2D eigenvalue weighted by atomic mass is 32.2. The van der Waals surface area contributed by atoms with Crippen molar-refractivity contribution in [2.45, 2.75) is 31.1 Å². The number of halogens is 1. The number of rotatable bonds is 6. The van der Waals surface area contributed by atoms with Crippen molar-refractivity contribution in [3.05, 3.63) is 65.5 Å². The molecule has 2 heterocycles. The summed E-state index contributed by atoms with van der Waals surface area (Å²) in [4.78, 5) is 43.1. The van der Waals surface area contributed by atoms with E-state index in [2.05, 4.69) is 20.5 Å². The molecule has 2 aromatic rings. The third-order valence-corrected chi connectivity index (χ3v) is 6.49. The molecule has 1 fully saturated rings. The van der Waals surface area contributed by atoms with Crippen LogP contribution >= 0.6 is 11.8 Å². The molecule has 4 rings (SSSR count). The van der Waals surface area contributed by atoms with E-state index < -0.39 is 5.25 Å². The first-order valence-corrected chi connectivity index (χ1v) is 11.3. The molecule has 166 valence electrons. The first-order chi connectivity index (χ1) is 15.5. The van der Waals surface area contributed by atoms with Crippen LogP contribution in [0.1, 0.15) is 35.2 Å². The van der Waals surface area contributed by atoms with Gasteiger partial charge in [-0.1, -0.05) is 23.9 Å². The Morgan fingerprint density at radius 3 is 2.44 bits per heavy atom. The van der Waals surface area contributed by atoms with E-state index in [1.54, 1.807) is 36.4 Å². The van der Waals surface area contributed by atoms with E-state index >= 15 is 0 Å². The second kappa shape index (κ2) is 9.95. The van der Waals surface area contributed by atoms with Crippen LogP contribution in [0.3, 0.4) is 0 Å². The van der Waals surface area contributed by atoms with Gasteiger partial charge in [-0.25, -0.2) is 4.39 Å². The number of carbonyl (C=O) groups excluding carboxylic acids is 3. The van der Waals surface area contributed by atoms with E-state index in [0.29, 0.717) is 11.3 Å². The fourth-order valence-electron chi connectivity index (χ4n) is 3.52. The van der Waals surface area contributed by atoms with Gasteiger partial charge in [0.25, 0.3) is 11.8 Å². The van der Waals surface area contributed by atoms with Crippen LogP contribution in [0.5, 0.6) is 0 Å². The molecule has 2 N–H and O–H groups in total. The molecule has 0 unspecified atom stereocenters. The number of amidine groups is 1. The molecule has 9 heteroatoms. The lowest BCUT2D eigenvalue weighted by molar-refractivity contribution is -0.121. The fourth-order valence-corrected chi connectivity index (χ4v) is 4.64. The van der Waals surface area contributed by atoms with Crippen LogP contribution in [-0.4, -0.2) is 46.1 Å². The first-order valence-electron chi connectivity index (χ1n) is 10.4. The third-order valence-electron chi connectivity index (χ3n) is 5.27. The molecule has 0 aliphatic carbocycles. The molecule has 0 spiro atoms. The Morgan fingerprint density at radius 1 is 1.06 bits per heavy atom. The molecule has 0 bridgehead atoms. The Balaban J connectivity index is 1.25. The number of benzene rings is 2. The van der Waals surface area contributed by atoms with E-state index in [4.69, 9.17) is 0 Å². The van der Waals surface area contributed by atoms with Crippen LogP contribution in [0.25, 0.3) is 0 Å². The topological polar surface area (TPSA) is 90.9 Å². The highest BCUT2D eigenvalue weighted by Crippen LogP contribution is 2.29. The number of hydrogen-bond donors (Lipinski definition) is 2. The van der Waals surface area contributed by atoms with E-state index in [0.717, 1.165) is 36.7 Å². The zero-order valence-corrected chi connectivity index (χ0v) is 18.2. The summed E-state index contributed by atoms with van der Waals surface area (Å²) in [5, 5.41) is 5.76. The Hall–Kier alpha value is -3.20. The van der Waals surface area contributed by atoms with Crippen molar-refractivity contribution < 1.29 is 18.8 Å². The number of carbonyl (C=O) groups is 3. The third kappa shape index (κ3) is 5.53. The maximum Gasteiger partial charge on any atom is 0.262 e.